The van der Waals surface area contributed by atoms with Gasteiger partial charge in [0, 0.05) is 17.8 Å². The maximum Gasteiger partial charge on any atom is 0.261 e. The summed E-state index contributed by atoms with van der Waals surface area (Å²) in [6.45, 7) is 2.21. The molecule has 2 amide bonds. The molecule has 2 aromatic rings. The second kappa shape index (κ2) is 6.17. The summed E-state index contributed by atoms with van der Waals surface area (Å²) in [5.41, 5.74) is 5.71. The molecule has 2 rings (SSSR count). The van der Waals surface area contributed by atoms with Gasteiger partial charge in [-0.2, -0.15) is 0 Å². The smallest absolute Gasteiger partial charge is 0.261 e. The summed E-state index contributed by atoms with van der Waals surface area (Å²) in [4.78, 5) is 24.9. The third kappa shape index (κ3) is 3.08. The first-order valence-corrected chi connectivity index (χ1v) is 6.51. The molecule has 0 aliphatic rings. The number of anilines is 1. The van der Waals surface area contributed by atoms with Gasteiger partial charge in [0.15, 0.2) is 0 Å². The van der Waals surface area contributed by atoms with Gasteiger partial charge in [-0.15, -0.1) is 0 Å². The summed E-state index contributed by atoms with van der Waals surface area (Å²) in [6, 6.07) is 12.6. The maximum atomic E-state index is 14.0. The van der Waals surface area contributed by atoms with E-state index < -0.39 is 17.6 Å². The zero-order valence-corrected chi connectivity index (χ0v) is 11.5. The zero-order chi connectivity index (χ0) is 15.4. The van der Waals surface area contributed by atoms with Gasteiger partial charge >= 0.3 is 0 Å². The first-order chi connectivity index (χ1) is 10.0. The van der Waals surface area contributed by atoms with Crippen LogP contribution in [0.3, 0.4) is 0 Å². The fourth-order valence-electron chi connectivity index (χ4n) is 2.04. The van der Waals surface area contributed by atoms with Crippen LogP contribution in [-0.4, -0.2) is 18.4 Å². The van der Waals surface area contributed by atoms with Crippen LogP contribution in [0.2, 0.25) is 0 Å². The number of hydrogen-bond donors (Lipinski definition) is 1. The molecule has 108 valence electrons. The molecule has 0 heterocycles. The van der Waals surface area contributed by atoms with Crippen LogP contribution in [0.25, 0.3) is 0 Å². The van der Waals surface area contributed by atoms with Gasteiger partial charge < -0.3 is 10.6 Å². The molecule has 0 bridgehead atoms. The summed E-state index contributed by atoms with van der Waals surface area (Å²) < 4.78 is 14.0. The van der Waals surface area contributed by atoms with Crippen molar-refractivity contribution < 1.29 is 14.0 Å². The minimum absolute atomic E-state index is 0.0341. The van der Waals surface area contributed by atoms with Gasteiger partial charge in [-0.1, -0.05) is 18.2 Å². The number of primary amides is 1. The van der Waals surface area contributed by atoms with Crippen molar-refractivity contribution in [3.8, 4) is 0 Å². The second-order valence-electron chi connectivity index (χ2n) is 4.44. The second-order valence-corrected chi connectivity index (χ2v) is 4.44. The number of hydrogen-bond acceptors (Lipinski definition) is 2. The van der Waals surface area contributed by atoms with Gasteiger partial charge in [0.1, 0.15) is 5.82 Å². The number of amides is 2. The predicted octanol–water partition coefficient (Wildman–Crippen LogP) is 2.59. The minimum atomic E-state index is -0.759. The topological polar surface area (TPSA) is 63.4 Å². The lowest BCUT2D eigenvalue weighted by molar-refractivity contribution is 0.0977. The van der Waals surface area contributed by atoms with E-state index >= 15 is 0 Å². The first kappa shape index (κ1) is 14.7. The van der Waals surface area contributed by atoms with Crippen LogP contribution in [0.1, 0.15) is 27.6 Å². The molecule has 0 aliphatic heterocycles. The lowest BCUT2D eigenvalue weighted by Crippen LogP contribution is -2.31. The maximum absolute atomic E-state index is 14.0. The Morgan fingerprint density at radius 3 is 2.33 bits per heavy atom. The number of carbonyl (C=O) groups excluding carboxylic acids is 2. The fraction of sp³-hybridized carbons (Fsp3) is 0.125. The minimum Gasteiger partial charge on any atom is -0.366 e. The first-order valence-electron chi connectivity index (χ1n) is 6.51. The van der Waals surface area contributed by atoms with Gasteiger partial charge in [0.2, 0.25) is 5.91 Å². The van der Waals surface area contributed by atoms with E-state index in [4.69, 9.17) is 5.73 Å². The molecule has 0 spiro atoms. The average molecular weight is 286 g/mol. The third-order valence-electron chi connectivity index (χ3n) is 3.11. The normalized spacial score (nSPS) is 10.2. The molecular weight excluding hydrogens is 271 g/mol. The fourth-order valence-corrected chi connectivity index (χ4v) is 2.04. The molecule has 4 nitrogen and oxygen atoms in total. The van der Waals surface area contributed by atoms with Gasteiger partial charge in [0.05, 0.1) is 5.56 Å². The van der Waals surface area contributed by atoms with Crippen molar-refractivity contribution in [2.45, 2.75) is 6.92 Å². The van der Waals surface area contributed by atoms with Crippen molar-refractivity contribution in [2.75, 3.05) is 11.4 Å². The Morgan fingerprint density at radius 2 is 1.81 bits per heavy atom. The molecule has 0 atom stereocenters. The zero-order valence-electron chi connectivity index (χ0n) is 11.5. The molecule has 0 aliphatic carbocycles. The number of benzene rings is 2. The molecule has 0 saturated heterocycles. The Bertz CT molecular complexity index is 671. The molecule has 0 unspecified atom stereocenters. The van der Waals surface area contributed by atoms with Crippen LogP contribution in [0.15, 0.2) is 48.5 Å². The van der Waals surface area contributed by atoms with E-state index in [1.165, 1.54) is 17.0 Å². The lowest BCUT2D eigenvalue weighted by atomic mass is 10.1. The van der Waals surface area contributed by atoms with Crippen LogP contribution < -0.4 is 10.6 Å². The summed E-state index contributed by atoms with van der Waals surface area (Å²) in [6.07, 6.45) is 0. The SMILES string of the molecule is CCN(C(=O)c1ccc(C(N)=O)cc1F)c1ccccc1. The van der Waals surface area contributed by atoms with E-state index in [9.17, 15) is 14.0 Å². The van der Waals surface area contributed by atoms with Crippen molar-refractivity contribution in [1.29, 1.82) is 0 Å². The number of rotatable bonds is 4. The van der Waals surface area contributed by atoms with Gasteiger partial charge in [0.25, 0.3) is 5.91 Å². The highest BCUT2D eigenvalue weighted by Gasteiger charge is 2.20. The molecule has 0 saturated carbocycles. The van der Waals surface area contributed by atoms with Gasteiger partial charge in [-0.05, 0) is 37.3 Å². The quantitative estimate of drug-likeness (QED) is 0.939. The summed E-state index contributed by atoms with van der Waals surface area (Å²) >= 11 is 0. The largest absolute Gasteiger partial charge is 0.366 e. The molecule has 0 fully saturated rings. The Hall–Kier alpha value is -2.69. The molecule has 2 aromatic carbocycles. The highest BCUT2D eigenvalue weighted by atomic mass is 19.1. The monoisotopic (exact) mass is 286 g/mol. The summed E-state index contributed by atoms with van der Waals surface area (Å²) in [5.74, 6) is -1.95. The number of halogens is 1. The molecule has 0 radical (unpaired) electrons. The highest BCUT2D eigenvalue weighted by molar-refractivity contribution is 6.06. The van der Waals surface area contributed by atoms with E-state index in [0.717, 1.165) is 6.07 Å². The molecular formula is C16H15FN2O2. The Morgan fingerprint density at radius 1 is 1.14 bits per heavy atom. The van der Waals surface area contributed by atoms with Crippen LogP contribution in [-0.2, 0) is 0 Å². The molecule has 5 heteroatoms. The lowest BCUT2D eigenvalue weighted by Gasteiger charge is -2.21. The van der Waals surface area contributed by atoms with Gasteiger partial charge in [-0.3, -0.25) is 9.59 Å². The van der Waals surface area contributed by atoms with Crippen molar-refractivity contribution >= 4 is 17.5 Å². The van der Waals surface area contributed by atoms with Crippen molar-refractivity contribution in [3.63, 3.8) is 0 Å². The summed E-state index contributed by atoms with van der Waals surface area (Å²) in [5, 5.41) is 0. The Labute approximate surface area is 122 Å². The standard InChI is InChI=1S/C16H15FN2O2/c1-2-19(12-6-4-3-5-7-12)16(21)13-9-8-11(15(18)20)10-14(13)17/h3-10H,2H2,1H3,(H2,18,20). The molecule has 21 heavy (non-hydrogen) atoms. The number of para-hydroxylation sites is 1. The van der Waals surface area contributed by atoms with E-state index in [0.29, 0.717) is 12.2 Å². The highest BCUT2D eigenvalue weighted by Crippen LogP contribution is 2.19. The third-order valence-corrected chi connectivity index (χ3v) is 3.11. The van der Waals surface area contributed by atoms with Crippen LogP contribution in [0.4, 0.5) is 10.1 Å². The van der Waals surface area contributed by atoms with E-state index in [2.05, 4.69) is 0 Å². The van der Waals surface area contributed by atoms with Gasteiger partial charge in [-0.25, -0.2) is 4.39 Å². The van der Waals surface area contributed by atoms with E-state index in [1.807, 2.05) is 6.07 Å². The van der Waals surface area contributed by atoms with E-state index in [-0.39, 0.29) is 11.1 Å². The van der Waals surface area contributed by atoms with E-state index in [1.54, 1.807) is 31.2 Å². The summed E-state index contributed by atoms with van der Waals surface area (Å²) in [7, 11) is 0. The van der Waals surface area contributed by atoms with Crippen LogP contribution >= 0.6 is 0 Å². The van der Waals surface area contributed by atoms with Crippen molar-refractivity contribution in [2.24, 2.45) is 5.73 Å². The van der Waals surface area contributed by atoms with Crippen molar-refractivity contribution in [3.05, 3.63) is 65.5 Å². The molecule has 2 N–H and O–H groups in total. The Kier molecular flexibility index (Phi) is 4.33. The number of nitrogens with zero attached hydrogens (tertiary/aromatic N) is 1. The average Bonchev–Trinajstić information content (AvgIpc) is 2.48. The predicted molar refractivity (Wildman–Crippen MR) is 78.7 cm³/mol. The number of carbonyl (C=O) groups is 2. The van der Waals surface area contributed by atoms with Crippen molar-refractivity contribution in [1.82, 2.24) is 0 Å². The number of nitrogens with two attached hydrogens (primary N) is 1. The van der Waals surface area contributed by atoms with Crippen LogP contribution in [0, 0.1) is 5.82 Å². The Balaban J connectivity index is 2.37. The van der Waals surface area contributed by atoms with Crippen LogP contribution in [0.5, 0.6) is 0 Å². The molecule has 0 aromatic heterocycles.